The summed E-state index contributed by atoms with van der Waals surface area (Å²) in [5, 5.41) is 16.2. The summed E-state index contributed by atoms with van der Waals surface area (Å²) in [6.45, 7) is 0.673. The average Bonchev–Trinajstić information content (AvgIpc) is 2.73. The van der Waals surface area contributed by atoms with E-state index < -0.39 is 0 Å². The van der Waals surface area contributed by atoms with Crippen molar-refractivity contribution in [1.29, 1.82) is 5.26 Å². The zero-order valence-corrected chi connectivity index (χ0v) is 9.01. The second kappa shape index (κ2) is 4.49. The van der Waals surface area contributed by atoms with Crippen molar-refractivity contribution in [3.8, 4) is 6.07 Å². The second-order valence-electron chi connectivity index (χ2n) is 3.53. The first-order valence-corrected chi connectivity index (χ1v) is 5.00. The van der Waals surface area contributed by atoms with Crippen LogP contribution in [-0.2, 0) is 13.6 Å². The Kier molecular flexibility index (Phi) is 2.88. The van der Waals surface area contributed by atoms with Gasteiger partial charge in [0.2, 0.25) is 0 Å². The van der Waals surface area contributed by atoms with E-state index in [4.69, 9.17) is 5.26 Å². The van der Waals surface area contributed by atoms with Crippen LogP contribution in [0.1, 0.15) is 11.1 Å². The fourth-order valence-corrected chi connectivity index (χ4v) is 1.50. The minimum atomic E-state index is 0.659. The molecule has 0 atom stereocenters. The molecule has 1 N–H and O–H groups in total. The molecule has 16 heavy (non-hydrogen) atoms. The molecule has 0 spiro atoms. The van der Waals surface area contributed by atoms with Crippen molar-refractivity contribution < 1.29 is 0 Å². The van der Waals surface area contributed by atoms with Crippen LogP contribution in [0, 0.1) is 11.3 Å². The van der Waals surface area contributed by atoms with E-state index >= 15 is 0 Å². The largest absolute Gasteiger partial charge is 0.380 e. The fourth-order valence-electron chi connectivity index (χ4n) is 1.50. The predicted molar refractivity (Wildman–Crippen MR) is 61.7 cm³/mol. The van der Waals surface area contributed by atoms with Gasteiger partial charge in [-0.05, 0) is 12.1 Å². The summed E-state index contributed by atoms with van der Waals surface area (Å²) < 4.78 is 1.76. The first-order valence-electron chi connectivity index (χ1n) is 5.00. The van der Waals surface area contributed by atoms with Crippen molar-refractivity contribution in [2.24, 2.45) is 7.05 Å². The molecule has 0 amide bonds. The SMILES string of the molecule is Cn1cc(CNc2ccccc2C#N)cn1. The Hall–Kier alpha value is -2.28. The van der Waals surface area contributed by atoms with Crippen molar-refractivity contribution >= 4 is 5.69 Å². The Balaban J connectivity index is 2.08. The van der Waals surface area contributed by atoms with E-state index in [1.165, 1.54) is 0 Å². The third kappa shape index (κ3) is 2.20. The van der Waals surface area contributed by atoms with Gasteiger partial charge in [-0.25, -0.2) is 0 Å². The molecule has 4 nitrogen and oxygen atoms in total. The first-order chi connectivity index (χ1) is 7.79. The summed E-state index contributed by atoms with van der Waals surface area (Å²) in [4.78, 5) is 0. The number of para-hydroxylation sites is 1. The number of benzene rings is 1. The minimum absolute atomic E-state index is 0.659. The quantitative estimate of drug-likeness (QED) is 0.845. The Bertz CT molecular complexity index is 522. The molecule has 0 saturated carbocycles. The third-order valence-corrected chi connectivity index (χ3v) is 2.29. The van der Waals surface area contributed by atoms with Gasteiger partial charge in [-0.3, -0.25) is 4.68 Å². The van der Waals surface area contributed by atoms with Gasteiger partial charge in [-0.1, -0.05) is 12.1 Å². The maximum atomic E-state index is 8.91. The number of aryl methyl sites for hydroxylation is 1. The zero-order chi connectivity index (χ0) is 11.4. The molecule has 0 saturated heterocycles. The van der Waals surface area contributed by atoms with Crippen LogP contribution in [0.25, 0.3) is 0 Å². The highest BCUT2D eigenvalue weighted by molar-refractivity contribution is 5.57. The molecule has 0 fully saturated rings. The molecule has 0 unspecified atom stereocenters. The Morgan fingerprint density at radius 3 is 2.94 bits per heavy atom. The van der Waals surface area contributed by atoms with Crippen LogP contribution in [0.5, 0.6) is 0 Å². The van der Waals surface area contributed by atoms with Crippen molar-refractivity contribution in [2.75, 3.05) is 5.32 Å². The highest BCUT2D eigenvalue weighted by Crippen LogP contribution is 2.14. The summed E-state index contributed by atoms with van der Waals surface area (Å²) in [7, 11) is 1.88. The van der Waals surface area contributed by atoms with Gasteiger partial charge >= 0.3 is 0 Å². The van der Waals surface area contributed by atoms with E-state index in [1.54, 1.807) is 10.7 Å². The van der Waals surface area contributed by atoms with E-state index in [0.29, 0.717) is 12.1 Å². The molecule has 1 heterocycles. The van der Waals surface area contributed by atoms with Crippen molar-refractivity contribution in [1.82, 2.24) is 9.78 Å². The molecule has 1 aromatic carbocycles. The van der Waals surface area contributed by atoms with Crippen LogP contribution in [-0.4, -0.2) is 9.78 Å². The highest BCUT2D eigenvalue weighted by atomic mass is 15.2. The smallest absolute Gasteiger partial charge is 0.101 e. The lowest BCUT2D eigenvalue weighted by Gasteiger charge is -2.05. The van der Waals surface area contributed by atoms with Crippen LogP contribution >= 0.6 is 0 Å². The van der Waals surface area contributed by atoms with E-state index in [2.05, 4.69) is 16.5 Å². The summed E-state index contributed by atoms with van der Waals surface area (Å²) in [6.07, 6.45) is 3.75. The number of nitriles is 1. The zero-order valence-electron chi connectivity index (χ0n) is 9.01. The number of rotatable bonds is 3. The normalized spacial score (nSPS) is 9.75. The molecule has 0 aliphatic rings. The van der Waals surface area contributed by atoms with Crippen LogP contribution in [0.15, 0.2) is 36.7 Å². The first kappa shape index (κ1) is 10.2. The molecule has 0 radical (unpaired) electrons. The second-order valence-corrected chi connectivity index (χ2v) is 3.53. The van der Waals surface area contributed by atoms with Gasteiger partial charge in [-0.15, -0.1) is 0 Å². The maximum Gasteiger partial charge on any atom is 0.101 e. The fraction of sp³-hybridized carbons (Fsp3) is 0.167. The standard InChI is InChI=1S/C12H12N4/c1-16-9-10(8-15-16)7-14-12-5-3-2-4-11(12)6-13/h2-5,8-9,14H,7H2,1H3. The number of aromatic nitrogens is 2. The molecule has 4 heteroatoms. The molecule has 1 aromatic heterocycles. The van der Waals surface area contributed by atoms with E-state index in [0.717, 1.165) is 11.3 Å². The van der Waals surface area contributed by atoms with Gasteiger partial charge in [-0.2, -0.15) is 10.4 Å². The van der Waals surface area contributed by atoms with E-state index in [-0.39, 0.29) is 0 Å². The molecule has 2 rings (SSSR count). The number of nitrogens with zero attached hydrogens (tertiary/aromatic N) is 3. The van der Waals surface area contributed by atoms with E-state index in [9.17, 15) is 0 Å². The molecule has 2 aromatic rings. The average molecular weight is 212 g/mol. The molecular weight excluding hydrogens is 200 g/mol. The molecule has 0 aliphatic carbocycles. The summed E-state index contributed by atoms with van der Waals surface area (Å²) >= 11 is 0. The number of hydrogen-bond acceptors (Lipinski definition) is 3. The summed E-state index contributed by atoms with van der Waals surface area (Å²) in [5.74, 6) is 0. The summed E-state index contributed by atoms with van der Waals surface area (Å²) in [6, 6.07) is 9.61. The van der Waals surface area contributed by atoms with Gasteiger partial charge in [0.15, 0.2) is 0 Å². The number of hydrogen-bond donors (Lipinski definition) is 1. The molecule has 0 aliphatic heterocycles. The van der Waals surface area contributed by atoms with Crippen LogP contribution in [0.4, 0.5) is 5.69 Å². The number of anilines is 1. The summed E-state index contributed by atoms with van der Waals surface area (Å²) in [5.41, 5.74) is 2.61. The molecular formula is C12H12N4. The van der Waals surface area contributed by atoms with Gasteiger partial charge in [0.25, 0.3) is 0 Å². The maximum absolute atomic E-state index is 8.91. The third-order valence-electron chi connectivity index (χ3n) is 2.29. The predicted octanol–water partition coefficient (Wildman–Crippen LogP) is 1.90. The Morgan fingerprint density at radius 2 is 2.25 bits per heavy atom. The van der Waals surface area contributed by atoms with Gasteiger partial charge in [0.05, 0.1) is 17.4 Å². The lowest BCUT2D eigenvalue weighted by molar-refractivity contribution is 0.767. The van der Waals surface area contributed by atoms with E-state index in [1.807, 2.05) is 37.6 Å². The Labute approximate surface area is 94.1 Å². The lowest BCUT2D eigenvalue weighted by Crippen LogP contribution is -2.00. The van der Waals surface area contributed by atoms with Gasteiger partial charge in [0, 0.05) is 25.4 Å². The van der Waals surface area contributed by atoms with Crippen molar-refractivity contribution in [3.63, 3.8) is 0 Å². The van der Waals surface area contributed by atoms with Crippen molar-refractivity contribution in [2.45, 2.75) is 6.54 Å². The Morgan fingerprint density at radius 1 is 1.44 bits per heavy atom. The lowest BCUT2D eigenvalue weighted by atomic mass is 10.2. The monoisotopic (exact) mass is 212 g/mol. The molecule has 0 bridgehead atoms. The van der Waals surface area contributed by atoms with Gasteiger partial charge < -0.3 is 5.32 Å². The number of nitrogens with one attached hydrogen (secondary N) is 1. The highest BCUT2D eigenvalue weighted by Gasteiger charge is 2.00. The molecule has 80 valence electrons. The van der Waals surface area contributed by atoms with Crippen molar-refractivity contribution in [3.05, 3.63) is 47.8 Å². The van der Waals surface area contributed by atoms with Crippen LogP contribution in [0.3, 0.4) is 0 Å². The minimum Gasteiger partial charge on any atom is -0.380 e. The topological polar surface area (TPSA) is 53.6 Å². The van der Waals surface area contributed by atoms with Gasteiger partial charge in [0.1, 0.15) is 6.07 Å². The van der Waals surface area contributed by atoms with Crippen LogP contribution in [0.2, 0.25) is 0 Å². The van der Waals surface area contributed by atoms with Crippen LogP contribution < -0.4 is 5.32 Å².